The van der Waals surface area contributed by atoms with E-state index >= 15 is 0 Å². The lowest BCUT2D eigenvalue weighted by Gasteiger charge is -2.09. The number of carbonyl (C=O) groups excluding carboxylic acids is 1. The molecule has 6 heteroatoms. The van der Waals surface area contributed by atoms with Crippen molar-refractivity contribution >= 4 is 17.2 Å². The van der Waals surface area contributed by atoms with Crippen LogP contribution in [0.15, 0.2) is 18.2 Å². The van der Waals surface area contributed by atoms with Crippen LogP contribution in [0.2, 0.25) is 0 Å². The summed E-state index contributed by atoms with van der Waals surface area (Å²) in [4.78, 5) is 21.4. The van der Waals surface area contributed by atoms with Crippen LogP contribution in [0.1, 0.15) is 24.2 Å². The Hall–Kier alpha value is -1.95. The van der Waals surface area contributed by atoms with Crippen molar-refractivity contribution in [2.75, 3.05) is 11.9 Å². The van der Waals surface area contributed by atoms with Gasteiger partial charge in [-0.3, -0.25) is 14.9 Å². The van der Waals surface area contributed by atoms with Gasteiger partial charge in [-0.2, -0.15) is 0 Å². The Morgan fingerprint density at radius 2 is 2.24 bits per heavy atom. The number of hydrogen-bond donors (Lipinski definition) is 2. The Morgan fingerprint density at radius 3 is 2.71 bits per heavy atom. The first-order valence-electron chi connectivity index (χ1n) is 5.13. The van der Waals surface area contributed by atoms with E-state index in [0.29, 0.717) is 11.3 Å². The number of carbonyl (C=O) groups is 1. The Labute approximate surface area is 98.4 Å². The summed E-state index contributed by atoms with van der Waals surface area (Å²) < 4.78 is 0. The van der Waals surface area contributed by atoms with Gasteiger partial charge in [0.15, 0.2) is 5.78 Å². The number of nitrogens with zero attached hydrogens (tertiary/aromatic N) is 1. The highest BCUT2D eigenvalue weighted by Crippen LogP contribution is 2.25. The van der Waals surface area contributed by atoms with Crippen molar-refractivity contribution in [1.82, 2.24) is 0 Å². The van der Waals surface area contributed by atoms with E-state index in [1.54, 1.807) is 6.92 Å². The van der Waals surface area contributed by atoms with Gasteiger partial charge in [-0.25, -0.2) is 0 Å². The third-order valence-electron chi connectivity index (χ3n) is 2.19. The van der Waals surface area contributed by atoms with E-state index in [1.807, 2.05) is 0 Å². The molecule has 0 fully saturated rings. The summed E-state index contributed by atoms with van der Waals surface area (Å²) in [7, 11) is 0. The van der Waals surface area contributed by atoms with Crippen molar-refractivity contribution in [2.24, 2.45) is 0 Å². The second-order valence-electron chi connectivity index (χ2n) is 3.78. The molecule has 6 nitrogen and oxygen atoms in total. The second kappa shape index (κ2) is 5.40. The number of Topliss-reactive ketones (excluding diaryl/α,β-unsaturated/α-hetero) is 1. The average Bonchev–Trinajstić information content (AvgIpc) is 2.25. The highest BCUT2D eigenvalue weighted by atomic mass is 16.6. The minimum absolute atomic E-state index is 0.168. The Balaban J connectivity index is 3.04. The van der Waals surface area contributed by atoms with Crippen molar-refractivity contribution in [1.29, 1.82) is 0 Å². The van der Waals surface area contributed by atoms with Gasteiger partial charge in [-0.1, -0.05) is 0 Å². The summed E-state index contributed by atoms with van der Waals surface area (Å²) in [5.74, 6) is -0.227. The van der Waals surface area contributed by atoms with E-state index in [1.165, 1.54) is 25.1 Å². The zero-order chi connectivity index (χ0) is 13.0. The molecule has 0 saturated carbocycles. The van der Waals surface area contributed by atoms with E-state index in [-0.39, 0.29) is 18.0 Å². The smallest absolute Gasteiger partial charge is 0.293 e. The summed E-state index contributed by atoms with van der Waals surface area (Å²) in [6.07, 6.45) is -0.609. The molecular weight excluding hydrogens is 224 g/mol. The number of hydrogen-bond acceptors (Lipinski definition) is 5. The molecule has 0 unspecified atom stereocenters. The number of aliphatic hydroxyl groups is 1. The number of anilines is 1. The first-order chi connectivity index (χ1) is 7.91. The highest BCUT2D eigenvalue weighted by molar-refractivity contribution is 5.95. The van der Waals surface area contributed by atoms with Gasteiger partial charge >= 0.3 is 0 Å². The van der Waals surface area contributed by atoms with E-state index in [0.717, 1.165) is 0 Å². The second-order valence-corrected chi connectivity index (χ2v) is 3.78. The van der Waals surface area contributed by atoms with Crippen molar-refractivity contribution < 1.29 is 14.8 Å². The fraction of sp³-hybridized carbons (Fsp3) is 0.364. The van der Waals surface area contributed by atoms with Crippen molar-refractivity contribution in [3.05, 3.63) is 33.9 Å². The normalized spacial score (nSPS) is 11.9. The molecule has 0 saturated heterocycles. The Kier molecular flexibility index (Phi) is 4.17. The molecule has 0 aliphatic heterocycles. The Morgan fingerprint density at radius 1 is 1.59 bits per heavy atom. The van der Waals surface area contributed by atoms with Gasteiger partial charge in [-0.15, -0.1) is 0 Å². The number of nitro benzene ring substituents is 1. The number of ketones is 1. The highest BCUT2D eigenvalue weighted by Gasteiger charge is 2.16. The van der Waals surface area contributed by atoms with Crippen LogP contribution < -0.4 is 5.32 Å². The molecule has 0 bridgehead atoms. The van der Waals surface area contributed by atoms with Gasteiger partial charge in [0.2, 0.25) is 0 Å². The molecule has 1 rings (SSSR count). The topological polar surface area (TPSA) is 92.5 Å². The molecular formula is C11H14N2O4. The molecule has 0 radical (unpaired) electrons. The lowest BCUT2D eigenvalue weighted by Crippen LogP contribution is -2.16. The van der Waals surface area contributed by atoms with E-state index in [4.69, 9.17) is 5.11 Å². The SMILES string of the molecule is CC(=O)c1ccc(NC[C@@H](C)O)c([N+](=O)[O-])c1. The molecule has 0 amide bonds. The summed E-state index contributed by atoms with van der Waals surface area (Å²) >= 11 is 0. The predicted molar refractivity (Wildman–Crippen MR) is 63.3 cm³/mol. The van der Waals surface area contributed by atoms with E-state index in [2.05, 4.69) is 5.32 Å². The molecule has 0 aromatic heterocycles. The maximum atomic E-state index is 11.1. The predicted octanol–water partition coefficient (Wildman–Crippen LogP) is 1.59. The van der Waals surface area contributed by atoms with Crippen molar-refractivity contribution in [3.63, 3.8) is 0 Å². The van der Waals surface area contributed by atoms with Crippen LogP contribution in [-0.2, 0) is 0 Å². The molecule has 0 heterocycles. The molecule has 0 aliphatic carbocycles. The summed E-state index contributed by atoms with van der Waals surface area (Å²) in [5, 5.41) is 22.7. The van der Waals surface area contributed by atoms with Crippen LogP contribution in [0, 0.1) is 10.1 Å². The zero-order valence-corrected chi connectivity index (χ0v) is 9.64. The summed E-state index contributed by atoms with van der Waals surface area (Å²) in [5.41, 5.74) is 0.415. The van der Waals surface area contributed by atoms with E-state index < -0.39 is 11.0 Å². The average molecular weight is 238 g/mol. The van der Waals surface area contributed by atoms with Gasteiger partial charge in [0.1, 0.15) is 5.69 Å². The van der Waals surface area contributed by atoms with Gasteiger partial charge in [0, 0.05) is 18.2 Å². The lowest BCUT2D eigenvalue weighted by molar-refractivity contribution is -0.384. The van der Waals surface area contributed by atoms with Gasteiger partial charge in [-0.05, 0) is 26.0 Å². The van der Waals surface area contributed by atoms with Gasteiger partial charge in [0.25, 0.3) is 5.69 Å². The third-order valence-corrected chi connectivity index (χ3v) is 2.19. The summed E-state index contributed by atoms with van der Waals surface area (Å²) in [6.45, 7) is 3.13. The first-order valence-corrected chi connectivity index (χ1v) is 5.13. The Bertz CT molecular complexity index is 443. The molecule has 0 spiro atoms. The number of aliphatic hydroxyl groups excluding tert-OH is 1. The maximum Gasteiger partial charge on any atom is 0.293 e. The van der Waals surface area contributed by atoms with Crippen LogP contribution >= 0.6 is 0 Å². The molecule has 17 heavy (non-hydrogen) atoms. The van der Waals surface area contributed by atoms with Crippen molar-refractivity contribution in [3.8, 4) is 0 Å². The maximum absolute atomic E-state index is 11.1. The molecule has 1 aromatic carbocycles. The minimum Gasteiger partial charge on any atom is -0.392 e. The van der Waals surface area contributed by atoms with Crippen LogP contribution in [0.3, 0.4) is 0 Å². The monoisotopic (exact) mass is 238 g/mol. The number of rotatable bonds is 5. The van der Waals surface area contributed by atoms with Crippen LogP contribution in [0.5, 0.6) is 0 Å². The fourth-order valence-electron chi connectivity index (χ4n) is 1.31. The molecule has 1 atom stereocenters. The van der Waals surface area contributed by atoms with Crippen LogP contribution in [0.25, 0.3) is 0 Å². The quantitative estimate of drug-likeness (QED) is 0.461. The number of nitro groups is 1. The third kappa shape index (κ3) is 3.53. The fourth-order valence-corrected chi connectivity index (χ4v) is 1.31. The summed E-state index contributed by atoms with van der Waals surface area (Å²) in [6, 6.07) is 4.21. The minimum atomic E-state index is -0.609. The molecule has 0 aliphatic rings. The molecule has 1 aromatic rings. The first kappa shape index (κ1) is 13.1. The molecule has 92 valence electrons. The number of nitrogens with one attached hydrogen (secondary N) is 1. The molecule has 2 N–H and O–H groups in total. The van der Waals surface area contributed by atoms with E-state index in [9.17, 15) is 14.9 Å². The standard InChI is InChI=1S/C11H14N2O4/c1-7(14)6-12-10-4-3-9(8(2)15)5-11(10)13(16)17/h3-5,7,12,14H,6H2,1-2H3/t7-/m1/s1. The van der Waals surface area contributed by atoms with Gasteiger partial charge in [0.05, 0.1) is 11.0 Å². The lowest BCUT2D eigenvalue weighted by atomic mass is 10.1. The zero-order valence-electron chi connectivity index (χ0n) is 9.64. The van der Waals surface area contributed by atoms with Crippen molar-refractivity contribution in [2.45, 2.75) is 20.0 Å². The number of benzene rings is 1. The van der Waals surface area contributed by atoms with Crippen LogP contribution in [0.4, 0.5) is 11.4 Å². The largest absolute Gasteiger partial charge is 0.392 e. The van der Waals surface area contributed by atoms with Crippen LogP contribution in [-0.4, -0.2) is 28.5 Å². The van der Waals surface area contributed by atoms with Gasteiger partial charge < -0.3 is 10.4 Å².